The Bertz CT molecular complexity index is 1200. The van der Waals surface area contributed by atoms with E-state index in [9.17, 15) is 13.6 Å². The molecule has 0 spiro atoms. The number of amides is 1. The van der Waals surface area contributed by atoms with E-state index < -0.39 is 11.6 Å². The average molecular weight is 476 g/mol. The van der Waals surface area contributed by atoms with Crippen LogP contribution in [0.5, 0.6) is 5.75 Å². The zero-order valence-corrected chi connectivity index (χ0v) is 18.8. The van der Waals surface area contributed by atoms with Crippen molar-refractivity contribution in [3.8, 4) is 5.75 Å². The van der Waals surface area contributed by atoms with Gasteiger partial charge in [-0.25, -0.2) is 13.8 Å². The molecule has 2 aromatic heterocycles. The van der Waals surface area contributed by atoms with Gasteiger partial charge < -0.3 is 24.8 Å². The first-order valence-electron chi connectivity index (χ1n) is 10.9. The molecule has 2 aliphatic rings. The average Bonchev–Trinajstić information content (AvgIpc) is 3.52. The number of rotatable bonds is 5. The van der Waals surface area contributed by atoms with Gasteiger partial charge in [-0.15, -0.1) is 0 Å². The molecule has 0 aliphatic carbocycles. The number of methoxy groups -OCH3 is 1. The molecule has 1 amide bonds. The Morgan fingerprint density at radius 2 is 2.12 bits per heavy atom. The molecule has 33 heavy (non-hydrogen) atoms. The minimum atomic E-state index is -0.500. The van der Waals surface area contributed by atoms with E-state index in [4.69, 9.17) is 16.3 Å². The number of aromatic nitrogens is 2. The second kappa shape index (κ2) is 8.79. The number of H-pyrrole nitrogens is 1. The zero-order chi connectivity index (χ0) is 23.1. The highest BCUT2D eigenvalue weighted by Gasteiger charge is 2.32. The predicted molar refractivity (Wildman–Crippen MR) is 122 cm³/mol. The first kappa shape index (κ1) is 21.9. The lowest BCUT2D eigenvalue weighted by Crippen LogP contribution is -2.48. The lowest BCUT2D eigenvalue weighted by Gasteiger charge is -2.40. The summed E-state index contributed by atoms with van der Waals surface area (Å²) in [7, 11) is 1.46. The molecule has 2 atom stereocenters. The number of nitrogens with zero attached hydrogens (tertiary/aromatic N) is 3. The molecule has 2 saturated heterocycles. The van der Waals surface area contributed by atoms with E-state index in [0.29, 0.717) is 42.4 Å². The van der Waals surface area contributed by atoms with E-state index in [0.717, 1.165) is 43.1 Å². The van der Waals surface area contributed by atoms with E-state index in [1.165, 1.54) is 13.2 Å². The molecule has 2 fully saturated rings. The van der Waals surface area contributed by atoms with Gasteiger partial charge in [-0.1, -0.05) is 11.6 Å². The van der Waals surface area contributed by atoms with Gasteiger partial charge in [0.05, 0.1) is 29.9 Å². The lowest BCUT2D eigenvalue weighted by atomic mass is 9.94. The first-order valence-corrected chi connectivity index (χ1v) is 11.2. The van der Waals surface area contributed by atoms with Gasteiger partial charge in [-0.3, -0.25) is 4.79 Å². The summed E-state index contributed by atoms with van der Waals surface area (Å²) in [6, 6.07) is 4.54. The van der Waals surface area contributed by atoms with Gasteiger partial charge >= 0.3 is 0 Å². The van der Waals surface area contributed by atoms with Crippen LogP contribution in [0, 0.1) is 11.6 Å². The SMILES string of the molecule is COc1cc(F)cnc1N1CCN(C=O)C(c2cc3c(C4CCNC4)cc(Cl)c(F)c3[nH]2)C1. The van der Waals surface area contributed by atoms with Crippen molar-refractivity contribution in [1.82, 2.24) is 20.2 Å². The van der Waals surface area contributed by atoms with Crippen LogP contribution in [0.25, 0.3) is 10.9 Å². The number of hydrogen-bond acceptors (Lipinski definition) is 5. The monoisotopic (exact) mass is 475 g/mol. The minimum absolute atomic E-state index is 0.0792. The number of benzene rings is 1. The summed E-state index contributed by atoms with van der Waals surface area (Å²) in [5.74, 6) is 0.0682. The normalized spacial score (nSPS) is 21.1. The highest BCUT2D eigenvalue weighted by Crippen LogP contribution is 2.38. The van der Waals surface area contributed by atoms with Crippen LogP contribution >= 0.6 is 11.6 Å². The van der Waals surface area contributed by atoms with E-state index >= 15 is 0 Å². The topological polar surface area (TPSA) is 73.5 Å². The number of anilines is 1. The Balaban J connectivity index is 1.55. The molecule has 0 saturated carbocycles. The van der Waals surface area contributed by atoms with Gasteiger partial charge in [0.15, 0.2) is 17.4 Å². The van der Waals surface area contributed by atoms with Crippen molar-refractivity contribution in [3.05, 3.63) is 52.3 Å². The number of pyridine rings is 1. The largest absolute Gasteiger partial charge is 0.493 e. The number of nitrogens with one attached hydrogen (secondary N) is 2. The summed E-state index contributed by atoms with van der Waals surface area (Å²) in [6.07, 6.45) is 2.89. The Kier molecular flexibility index (Phi) is 5.84. The molecule has 1 aromatic carbocycles. The number of halogens is 3. The van der Waals surface area contributed by atoms with Crippen molar-refractivity contribution < 1.29 is 18.3 Å². The van der Waals surface area contributed by atoms with Gasteiger partial charge in [0, 0.05) is 43.3 Å². The van der Waals surface area contributed by atoms with Crippen LogP contribution < -0.4 is 15.0 Å². The Morgan fingerprint density at radius 1 is 1.27 bits per heavy atom. The third-order valence-electron chi connectivity index (χ3n) is 6.60. The molecular formula is C23H24ClF2N5O2. The highest BCUT2D eigenvalue weighted by molar-refractivity contribution is 6.31. The second-order valence-corrected chi connectivity index (χ2v) is 8.86. The van der Waals surface area contributed by atoms with Crippen molar-refractivity contribution in [2.75, 3.05) is 44.7 Å². The second-order valence-electron chi connectivity index (χ2n) is 8.45. The first-order chi connectivity index (χ1) is 16.0. The van der Waals surface area contributed by atoms with Crippen molar-refractivity contribution in [2.24, 2.45) is 0 Å². The minimum Gasteiger partial charge on any atom is -0.493 e. The summed E-state index contributed by atoms with van der Waals surface area (Å²) in [4.78, 5) is 22.9. The summed E-state index contributed by atoms with van der Waals surface area (Å²) >= 11 is 6.23. The van der Waals surface area contributed by atoms with Crippen LogP contribution in [0.2, 0.25) is 5.02 Å². The Hall–Kier alpha value is -2.91. The molecule has 0 bridgehead atoms. The maximum Gasteiger partial charge on any atom is 0.210 e. The molecule has 174 valence electrons. The molecule has 7 nitrogen and oxygen atoms in total. The van der Waals surface area contributed by atoms with Gasteiger partial charge in [-0.05, 0) is 36.6 Å². The number of fused-ring (bicyclic) bond motifs is 1. The number of hydrogen-bond donors (Lipinski definition) is 2. The number of ether oxygens (including phenoxy) is 1. The van der Waals surface area contributed by atoms with Crippen molar-refractivity contribution >= 4 is 34.7 Å². The fraction of sp³-hybridized carbons (Fsp3) is 0.391. The maximum absolute atomic E-state index is 15.0. The third kappa shape index (κ3) is 3.89. The van der Waals surface area contributed by atoms with E-state index in [2.05, 4.69) is 15.3 Å². The number of carbonyl (C=O) groups is 1. The summed E-state index contributed by atoms with van der Waals surface area (Å²) in [5.41, 5.74) is 2.05. The van der Waals surface area contributed by atoms with Crippen LogP contribution in [0.3, 0.4) is 0 Å². The van der Waals surface area contributed by atoms with Crippen LogP contribution in [0.15, 0.2) is 24.4 Å². The number of aromatic amines is 1. The zero-order valence-electron chi connectivity index (χ0n) is 18.1. The lowest BCUT2D eigenvalue weighted by molar-refractivity contribution is -0.120. The van der Waals surface area contributed by atoms with Crippen LogP contribution in [0.4, 0.5) is 14.6 Å². The van der Waals surface area contributed by atoms with Crippen molar-refractivity contribution in [2.45, 2.75) is 18.4 Å². The van der Waals surface area contributed by atoms with E-state index in [1.807, 2.05) is 11.0 Å². The maximum atomic E-state index is 15.0. The Morgan fingerprint density at radius 3 is 2.85 bits per heavy atom. The fourth-order valence-electron chi connectivity index (χ4n) is 4.90. The van der Waals surface area contributed by atoms with E-state index in [-0.39, 0.29) is 17.0 Å². The number of piperazine rings is 1. The molecule has 2 unspecified atom stereocenters. The fourth-order valence-corrected chi connectivity index (χ4v) is 5.12. The van der Waals surface area contributed by atoms with Crippen LogP contribution in [-0.2, 0) is 4.79 Å². The molecule has 3 aromatic rings. The van der Waals surface area contributed by atoms with Crippen molar-refractivity contribution in [1.29, 1.82) is 0 Å². The van der Waals surface area contributed by atoms with Crippen LogP contribution in [0.1, 0.15) is 29.6 Å². The van der Waals surface area contributed by atoms with Gasteiger partial charge in [0.25, 0.3) is 0 Å². The standard InChI is InChI=1S/C23H24ClF2N5O2/c1-33-20-6-14(25)10-28-23(20)30-4-5-31(12-32)19(11-30)18-8-16-15(13-2-3-27-9-13)7-17(24)21(26)22(16)29-18/h6-8,10,12-13,19,27,29H,2-5,9,11H2,1H3. The molecule has 4 heterocycles. The molecule has 5 rings (SSSR count). The van der Waals surface area contributed by atoms with Gasteiger partial charge in [-0.2, -0.15) is 0 Å². The Labute approximate surface area is 194 Å². The summed E-state index contributed by atoms with van der Waals surface area (Å²) < 4.78 is 33.9. The van der Waals surface area contributed by atoms with Crippen LogP contribution in [-0.4, -0.2) is 61.1 Å². The van der Waals surface area contributed by atoms with Crippen molar-refractivity contribution in [3.63, 3.8) is 0 Å². The molecule has 2 N–H and O–H groups in total. The quantitative estimate of drug-likeness (QED) is 0.552. The highest BCUT2D eigenvalue weighted by atomic mass is 35.5. The third-order valence-corrected chi connectivity index (χ3v) is 6.87. The molecule has 10 heteroatoms. The number of carbonyl (C=O) groups excluding carboxylic acids is 1. The summed E-state index contributed by atoms with van der Waals surface area (Å²) in [5, 5.41) is 4.20. The van der Waals surface area contributed by atoms with Gasteiger partial charge in [0.2, 0.25) is 6.41 Å². The smallest absolute Gasteiger partial charge is 0.210 e. The predicted octanol–water partition coefficient (Wildman–Crippen LogP) is 3.60. The van der Waals surface area contributed by atoms with Gasteiger partial charge in [0.1, 0.15) is 5.82 Å². The molecule has 0 radical (unpaired) electrons. The molecular weight excluding hydrogens is 452 g/mol. The summed E-state index contributed by atoms with van der Waals surface area (Å²) in [6.45, 7) is 3.03. The molecule has 2 aliphatic heterocycles. The van der Waals surface area contributed by atoms with E-state index in [1.54, 1.807) is 11.0 Å².